The van der Waals surface area contributed by atoms with E-state index in [0.29, 0.717) is 0 Å². The molecule has 0 unspecified atom stereocenters. The lowest BCUT2D eigenvalue weighted by Gasteiger charge is -2.01. The van der Waals surface area contributed by atoms with Crippen molar-refractivity contribution < 1.29 is 0 Å². The highest BCUT2D eigenvalue weighted by atomic mass is 35.5. The van der Waals surface area contributed by atoms with E-state index in [9.17, 15) is 0 Å². The SMILES string of the molecule is Clc1cc(CNCc2cccs2)c(Cl)s1. The molecule has 1 nitrogen and oxygen atoms in total. The molecule has 0 aromatic carbocycles. The number of thiophene rings is 2. The maximum absolute atomic E-state index is 6.00. The molecule has 0 aliphatic carbocycles. The minimum Gasteiger partial charge on any atom is -0.308 e. The molecule has 2 aromatic rings. The summed E-state index contributed by atoms with van der Waals surface area (Å²) in [6, 6.07) is 6.08. The Hall–Kier alpha value is -0.0600. The van der Waals surface area contributed by atoms with E-state index in [4.69, 9.17) is 23.2 Å². The summed E-state index contributed by atoms with van der Waals surface area (Å²) in [4.78, 5) is 1.33. The second kappa shape index (κ2) is 5.32. The predicted octanol–water partition coefficient (Wildman–Crippen LogP) is 4.41. The molecule has 0 fully saturated rings. The molecule has 0 atom stereocenters. The smallest absolute Gasteiger partial charge is 0.0989 e. The fourth-order valence-corrected chi connectivity index (χ4v) is 3.39. The van der Waals surface area contributed by atoms with Gasteiger partial charge in [0.25, 0.3) is 0 Å². The van der Waals surface area contributed by atoms with Crippen LogP contribution in [0.2, 0.25) is 8.67 Å². The average Bonchev–Trinajstić information content (AvgIpc) is 2.77. The van der Waals surface area contributed by atoms with Gasteiger partial charge >= 0.3 is 0 Å². The first kappa shape index (κ1) is 11.4. The van der Waals surface area contributed by atoms with Crippen molar-refractivity contribution in [3.8, 4) is 0 Å². The molecule has 0 bridgehead atoms. The highest BCUT2D eigenvalue weighted by Crippen LogP contribution is 2.30. The Morgan fingerprint density at radius 1 is 1.27 bits per heavy atom. The van der Waals surface area contributed by atoms with Crippen LogP contribution in [-0.4, -0.2) is 0 Å². The van der Waals surface area contributed by atoms with Crippen molar-refractivity contribution in [1.29, 1.82) is 0 Å². The fraction of sp³-hybridized carbons (Fsp3) is 0.200. The first-order valence-corrected chi connectivity index (χ1v) is 6.88. The first-order valence-electron chi connectivity index (χ1n) is 4.42. The molecule has 15 heavy (non-hydrogen) atoms. The monoisotopic (exact) mass is 277 g/mol. The number of rotatable bonds is 4. The minimum absolute atomic E-state index is 0.743. The molecule has 2 aromatic heterocycles. The lowest BCUT2D eigenvalue weighted by atomic mass is 10.3. The molecule has 1 N–H and O–H groups in total. The van der Waals surface area contributed by atoms with Gasteiger partial charge in [-0.15, -0.1) is 22.7 Å². The van der Waals surface area contributed by atoms with Crippen LogP contribution in [0.15, 0.2) is 23.6 Å². The topological polar surface area (TPSA) is 12.0 Å². The van der Waals surface area contributed by atoms with Gasteiger partial charge in [0.1, 0.15) is 0 Å². The van der Waals surface area contributed by atoms with Crippen molar-refractivity contribution in [1.82, 2.24) is 5.32 Å². The maximum Gasteiger partial charge on any atom is 0.0989 e. The number of hydrogen-bond donors (Lipinski definition) is 1. The summed E-state index contributed by atoms with van der Waals surface area (Å²) in [5.74, 6) is 0. The third-order valence-corrected chi connectivity index (χ3v) is 4.37. The molecule has 2 heterocycles. The van der Waals surface area contributed by atoms with Crippen LogP contribution in [-0.2, 0) is 13.1 Å². The molecule has 0 aliphatic heterocycles. The molecular formula is C10H9Cl2NS2. The van der Waals surface area contributed by atoms with E-state index in [-0.39, 0.29) is 0 Å². The third-order valence-electron chi connectivity index (χ3n) is 1.92. The zero-order valence-electron chi connectivity index (χ0n) is 7.80. The van der Waals surface area contributed by atoms with Crippen molar-refractivity contribution in [3.63, 3.8) is 0 Å². The lowest BCUT2D eigenvalue weighted by molar-refractivity contribution is 0.703. The zero-order valence-corrected chi connectivity index (χ0v) is 10.9. The van der Waals surface area contributed by atoms with E-state index >= 15 is 0 Å². The Kier molecular flexibility index (Phi) is 4.05. The molecular weight excluding hydrogens is 269 g/mol. The third kappa shape index (κ3) is 3.20. The van der Waals surface area contributed by atoms with Crippen molar-refractivity contribution in [3.05, 3.63) is 42.7 Å². The molecule has 0 saturated carbocycles. The number of hydrogen-bond acceptors (Lipinski definition) is 3. The summed E-state index contributed by atoms with van der Waals surface area (Å²) in [6.45, 7) is 1.64. The first-order chi connectivity index (χ1) is 7.25. The Morgan fingerprint density at radius 2 is 2.13 bits per heavy atom. The molecule has 80 valence electrons. The molecule has 0 aliphatic rings. The Labute approximate surface area is 107 Å². The highest BCUT2D eigenvalue weighted by molar-refractivity contribution is 7.20. The second-order valence-corrected chi connectivity index (χ2v) is 6.35. The van der Waals surface area contributed by atoms with E-state index in [0.717, 1.165) is 27.3 Å². The number of halogens is 2. The van der Waals surface area contributed by atoms with Crippen LogP contribution in [0.1, 0.15) is 10.4 Å². The van der Waals surface area contributed by atoms with E-state index in [1.165, 1.54) is 16.2 Å². The molecule has 2 rings (SSSR count). The van der Waals surface area contributed by atoms with Crippen LogP contribution in [0.5, 0.6) is 0 Å². The second-order valence-electron chi connectivity index (χ2n) is 3.03. The van der Waals surface area contributed by atoms with Crippen LogP contribution in [0, 0.1) is 0 Å². The predicted molar refractivity (Wildman–Crippen MR) is 69.2 cm³/mol. The van der Waals surface area contributed by atoms with Crippen LogP contribution in [0.3, 0.4) is 0 Å². The van der Waals surface area contributed by atoms with Gasteiger partial charge in [0, 0.05) is 18.0 Å². The lowest BCUT2D eigenvalue weighted by Crippen LogP contribution is -2.11. The van der Waals surface area contributed by atoms with Crippen LogP contribution in [0.4, 0.5) is 0 Å². The maximum atomic E-state index is 6.00. The summed E-state index contributed by atoms with van der Waals surface area (Å²) < 4.78 is 1.52. The molecule has 0 spiro atoms. The van der Waals surface area contributed by atoms with Crippen LogP contribution >= 0.6 is 45.9 Å². The summed E-state index contributed by atoms with van der Waals surface area (Å²) in [5.41, 5.74) is 1.07. The van der Waals surface area contributed by atoms with E-state index in [1.807, 2.05) is 6.07 Å². The Bertz CT molecular complexity index is 423. The number of nitrogens with one attached hydrogen (secondary N) is 1. The summed E-state index contributed by atoms with van der Waals surface area (Å²) in [6.07, 6.45) is 0. The van der Waals surface area contributed by atoms with Gasteiger partial charge < -0.3 is 5.32 Å². The van der Waals surface area contributed by atoms with Gasteiger partial charge in [-0.1, -0.05) is 29.3 Å². The quantitative estimate of drug-likeness (QED) is 0.873. The standard InChI is InChI=1S/C10H9Cl2NS2/c11-9-4-7(10(12)15-9)5-13-6-8-2-1-3-14-8/h1-4,13H,5-6H2. The van der Waals surface area contributed by atoms with Crippen molar-refractivity contribution >= 4 is 45.9 Å². The van der Waals surface area contributed by atoms with Gasteiger partial charge in [-0.2, -0.15) is 0 Å². The molecule has 0 radical (unpaired) electrons. The van der Waals surface area contributed by atoms with E-state index in [1.54, 1.807) is 11.3 Å². The van der Waals surface area contributed by atoms with Crippen LogP contribution < -0.4 is 5.32 Å². The molecule has 0 amide bonds. The van der Waals surface area contributed by atoms with Crippen molar-refractivity contribution in [2.24, 2.45) is 0 Å². The van der Waals surface area contributed by atoms with Crippen LogP contribution in [0.25, 0.3) is 0 Å². The minimum atomic E-state index is 0.743. The van der Waals surface area contributed by atoms with Gasteiger partial charge in [-0.25, -0.2) is 0 Å². The summed E-state index contributed by atoms with van der Waals surface area (Å²) >= 11 is 15.0. The van der Waals surface area contributed by atoms with Gasteiger partial charge in [-0.05, 0) is 23.1 Å². The fourth-order valence-electron chi connectivity index (χ4n) is 1.23. The highest BCUT2D eigenvalue weighted by Gasteiger charge is 2.05. The van der Waals surface area contributed by atoms with Gasteiger partial charge in [-0.3, -0.25) is 0 Å². The van der Waals surface area contributed by atoms with Crippen molar-refractivity contribution in [2.45, 2.75) is 13.1 Å². The average molecular weight is 278 g/mol. The van der Waals surface area contributed by atoms with Crippen molar-refractivity contribution in [2.75, 3.05) is 0 Å². The summed E-state index contributed by atoms with van der Waals surface area (Å²) in [5, 5.41) is 5.41. The Morgan fingerprint density at radius 3 is 2.73 bits per heavy atom. The van der Waals surface area contributed by atoms with Gasteiger partial charge in [0.15, 0.2) is 0 Å². The van der Waals surface area contributed by atoms with Gasteiger partial charge in [0.2, 0.25) is 0 Å². The molecule has 0 saturated heterocycles. The van der Waals surface area contributed by atoms with E-state index in [2.05, 4.69) is 22.8 Å². The normalized spacial score (nSPS) is 10.8. The van der Waals surface area contributed by atoms with Gasteiger partial charge in [0.05, 0.1) is 8.67 Å². The largest absolute Gasteiger partial charge is 0.308 e. The molecule has 5 heteroatoms. The summed E-state index contributed by atoms with van der Waals surface area (Å²) in [7, 11) is 0. The zero-order chi connectivity index (χ0) is 10.7. The Balaban J connectivity index is 1.86. The van der Waals surface area contributed by atoms with E-state index < -0.39 is 0 Å².